The summed E-state index contributed by atoms with van der Waals surface area (Å²) in [7, 11) is 0. The van der Waals surface area contributed by atoms with Crippen LogP contribution in [0.3, 0.4) is 0 Å². The summed E-state index contributed by atoms with van der Waals surface area (Å²) < 4.78 is 5.24. The largest absolute Gasteiger partial charge is 0.479 e. The average Bonchev–Trinajstić information content (AvgIpc) is 2.54. The van der Waals surface area contributed by atoms with Gasteiger partial charge in [0.2, 0.25) is 5.91 Å². The molecule has 3 N–H and O–H groups in total. The molecule has 0 spiro atoms. The molecule has 5 heteroatoms. The molecule has 0 radical (unpaired) electrons. The summed E-state index contributed by atoms with van der Waals surface area (Å²) in [6.07, 6.45) is 4.97. The number of hydrogen-bond donors (Lipinski definition) is 2. The summed E-state index contributed by atoms with van der Waals surface area (Å²) >= 11 is 0. The summed E-state index contributed by atoms with van der Waals surface area (Å²) in [4.78, 5) is 12.6. The second-order valence-electron chi connectivity index (χ2n) is 5.47. The Balaban J connectivity index is 2.06. The SMILES string of the molecule is N#CCOc1cccc(NC(=O)C2(CN)CCCCC2)c1. The zero-order valence-corrected chi connectivity index (χ0v) is 12.1. The third-order valence-electron chi connectivity index (χ3n) is 4.08. The van der Waals surface area contributed by atoms with E-state index in [1.54, 1.807) is 18.2 Å². The molecule has 1 aromatic rings. The molecule has 0 heterocycles. The molecule has 2 rings (SSSR count). The lowest BCUT2D eigenvalue weighted by Crippen LogP contribution is -2.43. The molecule has 1 amide bonds. The summed E-state index contributed by atoms with van der Waals surface area (Å²) in [5.41, 5.74) is 6.10. The Labute approximate surface area is 125 Å². The van der Waals surface area contributed by atoms with Crippen molar-refractivity contribution in [3.63, 3.8) is 0 Å². The van der Waals surface area contributed by atoms with Crippen LogP contribution >= 0.6 is 0 Å². The first-order chi connectivity index (χ1) is 10.2. The van der Waals surface area contributed by atoms with Crippen LogP contribution in [-0.4, -0.2) is 19.1 Å². The highest BCUT2D eigenvalue weighted by Gasteiger charge is 2.38. The van der Waals surface area contributed by atoms with E-state index >= 15 is 0 Å². The van der Waals surface area contributed by atoms with Gasteiger partial charge < -0.3 is 15.8 Å². The summed E-state index contributed by atoms with van der Waals surface area (Å²) in [5, 5.41) is 11.5. The van der Waals surface area contributed by atoms with Crippen molar-refractivity contribution in [2.45, 2.75) is 32.1 Å². The van der Waals surface area contributed by atoms with E-state index in [-0.39, 0.29) is 12.5 Å². The lowest BCUT2D eigenvalue weighted by molar-refractivity contribution is -0.126. The number of ether oxygens (including phenoxy) is 1. The topological polar surface area (TPSA) is 88.1 Å². The van der Waals surface area contributed by atoms with Crippen molar-refractivity contribution in [3.05, 3.63) is 24.3 Å². The second-order valence-corrected chi connectivity index (χ2v) is 5.47. The predicted molar refractivity (Wildman–Crippen MR) is 80.8 cm³/mol. The standard InChI is InChI=1S/C16H21N3O2/c17-9-10-21-14-6-4-5-13(11-14)19-15(20)16(12-18)7-2-1-3-8-16/h4-6,11H,1-3,7-8,10,12,18H2,(H,19,20). The molecule has 5 nitrogen and oxygen atoms in total. The first-order valence-corrected chi connectivity index (χ1v) is 7.31. The smallest absolute Gasteiger partial charge is 0.231 e. The lowest BCUT2D eigenvalue weighted by Gasteiger charge is -2.34. The third kappa shape index (κ3) is 3.73. The number of carbonyl (C=O) groups excluding carboxylic acids is 1. The Bertz CT molecular complexity index is 531. The Morgan fingerprint density at radius 2 is 2.14 bits per heavy atom. The van der Waals surface area contributed by atoms with E-state index in [1.807, 2.05) is 12.1 Å². The minimum Gasteiger partial charge on any atom is -0.479 e. The van der Waals surface area contributed by atoms with Crippen LogP contribution in [-0.2, 0) is 4.79 Å². The van der Waals surface area contributed by atoms with E-state index in [2.05, 4.69) is 5.32 Å². The highest BCUT2D eigenvalue weighted by Crippen LogP contribution is 2.36. The summed E-state index contributed by atoms with van der Waals surface area (Å²) in [6, 6.07) is 9.00. The van der Waals surface area contributed by atoms with Gasteiger partial charge in [-0.05, 0) is 25.0 Å². The zero-order chi connectivity index (χ0) is 15.1. The fraction of sp³-hybridized carbons (Fsp3) is 0.500. The highest BCUT2D eigenvalue weighted by atomic mass is 16.5. The molecule has 0 aromatic heterocycles. The van der Waals surface area contributed by atoms with Crippen LogP contribution in [0.5, 0.6) is 5.75 Å². The number of nitrogens with one attached hydrogen (secondary N) is 1. The van der Waals surface area contributed by atoms with Gasteiger partial charge in [-0.1, -0.05) is 25.3 Å². The first kappa shape index (κ1) is 15.3. The van der Waals surface area contributed by atoms with Crippen molar-refractivity contribution >= 4 is 11.6 Å². The predicted octanol–water partition coefficient (Wildman–Crippen LogP) is 2.44. The maximum atomic E-state index is 12.6. The fourth-order valence-electron chi connectivity index (χ4n) is 2.80. The molecular weight excluding hydrogens is 266 g/mol. The van der Waals surface area contributed by atoms with Crippen LogP contribution in [0.1, 0.15) is 32.1 Å². The molecular formula is C16H21N3O2. The molecule has 112 valence electrons. The number of nitrogens with zero attached hydrogens (tertiary/aromatic N) is 1. The Kier molecular flexibility index (Phi) is 5.18. The van der Waals surface area contributed by atoms with Crippen molar-refractivity contribution < 1.29 is 9.53 Å². The summed E-state index contributed by atoms with van der Waals surface area (Å²) in [6.45, 7) is 0.369. The van der Waals surface area contributed by atoms with Crippen molar-refractivity contribution in [2.24, 2.45) is 11.1 Å². The van der Waals surface area contributed by atoms with E-state index in [0.29, 0.717) is 18.0 Å². The molecule has 0 bridgehead atoms. The number of amides is 1. The number of nitrogens with two attached hydrogens (primary N) is 1. The lowest BCUT2D eigenvalue weighted by atomic mass is 9.73. The molecule has 1 aromatic carbocycles. The number of hydrogen-bond acceptors (Lipinski definition) is 4. The van der Waals surface area contributed by atoms with Crippen LogP contribution in [0.4, 0.5) is 5.69 Å². The molecule has 1 aliphatic rings. The van der Waals surface area contributed by atoms with Gasteiger partial charge in [0.15, 0.2) is 6.61 Å². The number of rotatable bonds is 5. The third-order valence-corrected chi connectivity index (χ3v) is 4.08. The van der Waals surface area contributed by atoms with Gasteiger partial charge >= 0.3 is 0 Å². The Hall–Kier alpha value is -2.06. The second kappa shape index (κ2) is 7.09. The van der Waals surface area contributed by atoms with Gasteiger partial charge in [0.1, 0.15) is 11.8 Å². The monoisotopic (exact) mass is 287 g/mol. The van der Waals surface area contributed by atoms with Crippen LogP contribution < -0.4 is 15.8 Å². The van der Waals surface area contributed by atoms with Gasteiger partial charge in [0.05, 0.1) is 5.41 Å². The molecule has 0 aliphatic heterocycles. The maximum Gasteiger partial charge on any atom is 0.231 e. The Morgan fingerprint density at radius 3 is 2.81 bits per heavy atom. The van der Waals surface area contributed by atoms with Gasteiger partial charge in [0.25, 0.3) is 0 Å². The van der Waals surface area contributed by atoms with E-state index in [9.17, 15) is 4.79 Å². The van der Waals surface area contributed by atoms with E-state index in [1.165, 1.54) is 6.42 Å². The Morgan fingerprint density at radius 1 is 1.38 bits per heavy atom. The number of nitriles is 1. The molecule has 0 saturated heterocycles. The van der Waals surface area contributed by atoms with Gasteiger partial charge in [-0.15, -0.1) is 0 Å². The van der Waals surface area contributed by atoms with E-state index < -0.39 is 5.41 Å². The molecule has 21 heavy (non-hydrogen) atoms. The van der Waals surface area contributed by atoms with Crippen molar-refractivity contribution in [2.75, 3.05) is 18.5 Å². The van der Waals surface area contributed by atoms with Crippen molar-refractivity contribution in [1.29, 1.82) is 5.26 Å². The van der Waals surface area contributed by atoms with E-state index in [0.717, 1.165) is 25.7 Å². The number of carbonyl (C=O) groups is 1. The first-order valence-electron chi connectivity index (χ1n) is 7.31. The fourth-order valence-corrected chi connectivity index (χ4v) is 2.80. The normalized spacial score (nSPS) is 16.8. The van der Waals surface area contributed by atoms with Gasteiger partial charge in [0, 0.05) is 18.3 Å². The zero-order valence-electron chi connectivity index (χ0n) is 12.1. The van der Waals surface area contributed by atoms with Gasteiger partial charge in [-0.2, -0.15) is 5.26 Å². The van der Waals surface area contributed by atoms with Crippen LogP contribution in [0.15, 0.2) is 24.3 Å². The number of benzene rings is 1. The van der Waals surface area contributed by atoms with Crippen LogP contribution in [0, 0.1) is 16.7 Å². The van der Waals surface area contributed by atoms with Crippen LogP contribution in [0.2, 0.25) is 0 Å². The maximum absolute atomic E-state index is 12.6. The molecule has 1 saturated carbocycles. The highest BCUT2D eigenvalue weighted by molar-refractivity contribution is 5.95. The molecule has 1 aliphatic carbocycles. The van der Waals surface area contributed by atoms with Gasteiger partial charge in [-0.25, -0.2) is 0 Å². The summed E-state index contributed by atoms with van der Waals surface area (Å²) in [5.74, 6) is 0.557. The van der Waals surface area contributed by atoms with Crippen molar-refractivity contribution in [1.82, 2.24) is 0 Å². The van der Waals surface area contributed by atoms with E-state index in [4.69, 9.17) is 15.7 Å². The number of anilines is 1. The van der Waals surface area contributed by atoms with Crippen molar-refractivity contribution in [3.8, 4) is 11.8 Å². The average molecular weight is 287 g/mol. The van der Waals surface area contributed by atoms with Crippen LogP contribution in [0.25, 0.3) is 0 Å². The quantitative estimate of drug-likeness (QED) is 0.870. The molecule has 0 atom stereocenters. The van der Waals surface area contributed by atoms with Gasteiger partial charge in [-0.3, -0.25) is 4.79 Å². The minimum atomic E-state index is -0.443. The minimum absolute atomic E-state index is 0.00978. The molecule has 1 fully saturated rings. The molecule has 0 unspecified atom stereocenters.